The molecule has 1 fully saturated rings. The minimum absolute atomic E-state index is 0.271. The summed E-state index contributed by atoms with van der Waals surface area (Å²) in [7, 11) is 0. The number of nitrogens with zero attached hydrogens (tertiary/aromatic N) is 1. The van der Waals surface area contributed by atoms with Crippen LogP contribution in [0, 0.1) is 5.41 Å². The van der Waals surface area contributed by atoms with Crippen LogP contribution in [-0.2, 0) is 11.2 Å². The quantitative estimate of drug-likeness (QED) is 0.866. The van der Waals surface area contributed by atoms with E-state index in [1.165, 1.54) is 5.56 Å². The number of benzene rings is 1. The highest BCUT2D eigenvalue weighted by molar-refractivity contribution is 5.83. The molecule has 1 saturated carbocycles. The van der Waals surface area contributed by atoms with E-state index in [0.717, 1.165) is 45.2 Å². The monoisotopic (exact) mass is 274 g/mol. The van der Waals surface area contributed by atoms with Crippen molar-refractivity contribution in [2.75, 3.05) is 19.6 Å². The van der Waals surface area contributed by atoms with Gasteiger partial charge in [-0.05, 0) is 31.7 Å². The zero-order chi connectivity index (χ0) is 14.4. The summed E-state index contributed by atoms with van der Waals surface area (Å²) in [5, 5.41) is 0. The van der Waals surface area contributed by atoms with Crippen molar-refractivity contribution in [2.45, 2.75) is 39.0 Å². The zero-order valence-corrected chi connectivity index (χ0v) is 12.5. The molecule has 0 aliphatic heterocycles. The van der Waals surface area contributed by atoms with Gasteiger partial charge in [0.05, 0.1) is 5.41 Å². The minimum atomic E-state index is -0.271. The summed E-state index contributed by atoms with van der Waals surface area (Å²) in [6.07, 6.45) is 5.12. The van der Waals surface area contributed by atoms with E-state index in [-0.39, 0.29) is 11.3 Å². The molecule has 0 bridgehead atoms. The highest BCUT2D eigenvalue weighted by Gasteiger charge is 2.41. The van der Waals surface area contributed by atoms with Crippen LogP contribution in [-0.4, -0.2) is 30.4 Å². The maximum atomic E-state index is 12.8. The van der Waals surface area contributed by atoms with Gasteiger partial charge in [0.25, 0.3) is 0 Å². The van der Waals surface area contributed by atoms with Crippen LogP contribution in [0.15, 0.2) is 30.3 Å². The molecule has 110 valence electrons. The van der Waals surface area contributed by atoms with Crippen LogP contribution >= 0.6 is 0 Å². The van der Waals surface area contributed by atoms with Gasteiger partial charge in [0.2, 0.25) is 5.91 Å². The molecule has 1 aliphatic rings. The summed E-state index contributed by atoms with van der Waals surface area (Å²) in [5.74, 6) is 0.274. The molecule has 2 rings (SSSR count). The Labute approximate surface area is 122 Å². The van der Waals surface area contributed by atoms with Crippen LogP contribution in [0.1, 0.15) is 38.2 Å². The SMILES string of the molecule is CCN(CCc1ccccc1)C(=O)C1(CN)CCCC1. The molecule has 1 aromatic carbocycles. The largest absolute Gasteiger partial charge is 0.342 e. The lowest BCUT2D eigenvalue weighted by atomic mass is 9.84. The van der Waals surface area contributed by atoms with E-state index >= 15 is 0 Å². The van der Waals surface area contributed by atoms with Crippen molar-refractivity contribution in [3.05, 3.63) is 35.9 Å². The first kappa shape index (κ1) is 15.0. The van der Waals surface area contributed by atoms with Crippen LogP contribution in [0.2, 0.25) is 0 Å². The normalized spacial score (nSPS) is 17.1. The minimum Gasteiger partial charge on any atom is -0.342 e. The van der Waals surface area contributed by atoms with Gasteiger partial charge in [0, 0.05) is 19.6 Å². The average Bonchev–Trinajstić information content (AvgIpc) is 2.99. The Morgan fingerprint density at radius 3 is 2.45 bits per heavy atom. The van der Waals surface area contributed by atoms with Gasteiger partial charge in [-0.25, -0.2) is 0 Å². The maximum Gasteiger partial charge on any atom is 0.230 e. The van der Waals surface area contributed by atoms with Gasteiger partial charge in [-0.1, -0.05) is 43.2 Å². The van der Waals surface area contributed by atoms with Crippen molar-refractivity contribution >= 4 is 5.91 Å². The van der Waals surface area contributed by atoms with Crippen molar-refractivity contribution < 1.29 is 4.79 Å². The second kappa shape index (κ2) is 6.89. The molecular weight excluding hydrogens is 248 g/mol. The third-order valence-electron chi connectivity index (χ3n) is 4.59. The van der Waals surface area contributed by atoms with Crippen LogP contribution in [0.25, 0.3) is 0 Å². The molecule has 2 N–H and O–H groups in total. The van der Waals surface area contributed by atoms with Crippen LogP contribution in [0.3, 0.4) is 0 Å². The van der Waals surface area contributed by atoms with Gasteiger partial charge in [0.15, 0.2) is 0 Å². The van der Waals surface area contributed by atoms with E-state index in [9.17, 15) is 4.79 Å². The predicted molar refractivity (Wildman–Crippen MR) is 82.4 cm³/mol. The van der Waals surface area contributed by atoms with Gasteiger partial charge in [0.1, 0.15) is 0 Å². The third kappa shape index (κ3) is 3.21. The topological polar surface area (TPSA) is 46.3 Å². The molecule has 0 spiro atoms. The lowest BCUT2D eigenvalue weighted by molar-refractivity contribution is -0.141. The Morgan fingerprint density at radius 1 is 1.25 bits per heavy atom. The fraction of sp³-hybridized carbons (Fsp3) is 0.588. The molecule has 3 nitrogen and oxygen atoms in total. The van der Waals surface area contributed by atoms with Crippen molar-refractivity contribution in [3.8, 4) is 0 Å². The maximum absolute atomic E-state index is 12.8. The number of likely N-dealkylation sites (N-methyl/N-ethyl adjacent to an activating group) is 1. The molecule has 1 aliphatic carbocycles. The Morgan fingerprint density at radius 2 is 1.90 bits per heavy atom. The molecule has 0 unspecified atom stereocenters. The Bertz CT molecular complexity index is 424. The van der Waals surface area contributed by atoms with Gasteiger partial charge in [-0.2, -0.15) is 0 Å². The second-order valence-corrected chi connectivity index (χ2v) is 5.81. The standard InChI is InChI=1S/C17H26N2O/c1-2-19(13-10-15-8-4-3-5-9-15)16(20)17(14-18)11-6-7-12-17/h3-5,8-9H,2,6-7,10-14,18H2,1H3. The van der Waals surface area contributed by atoms with Crippen molar-refractivity contribution in [3.63, 3.8) is 0 Å². The summed E-state index contributed by atoms with van der Waals surface area (Å²) in [6.45, 7) is 4.12. The van der Waals surface area contributed by atoms with E-state index < -0.39 is 0 Å². The number of carbonyl (C=O) groups excluding carboxylic acids is 1. The fourth-order valence-electron chi connectivity index (χ4n) is 3.20. The first-order chi connectivity index (χ1) is 9.72. The molecule has 1 amide bonds. The van der Waals surface area contributed by atoms with Gasteiger partial charge < -0.3 is 10.6 Å². The van der Waals surface area contributed by atoms with Crippen LogP contribution in [0.4, 0.5) is 0 Å². The van der Waals surface area contributed by atoms with E-state index in [0.29, 0.717) is 6.54 Å². The molecule has 0 heterocycles. The van der Waals surface area contributed by atoms with E-state index in [1.54, 1.807) is 0 Å². The zero-order valence-electron chi connectivity index (χ0n) is 12.5. The van der Waals surface area contributed by atoms with E-state index in [4.69, 9.17) is 5.73 Å². The number of hydrogen-bond donors (Lipinski definition) is 1. The molecule has 1 aromatic rings. The summed E-state index contributed by atoms with van der Waals surface area (Å²) in [6, 6.07) is 10.4. The lowest BCUT2D eigenvalue weighted by Crippen LogP contribution is -2.47. The molecular formula is C17H26N2O. The van der Waals surface area contributed by atoms with E-state index in [2.05, 4.69) is 19.1 Å². The molecule has 3 heteroatoms. The smallest absolute Gasteiger partial charge is 0.230 e. The van der Waals surface area contributed by atoms with Gasteiger partial charge in [-0.15, -0.1) is 0 Å². The molecule has 0 atom stereocenters. The number of amides is 1. The van der Waals surface area contributed by atoms with Gasteiger partial charge >= 0.3 is 0 Å². The van der Waals surface area contributed by atoms with Crippen LogP contribution in [0.5, 0.6) is 0 Å². The molecule has 20 heavy (non-hydrogen) atoms. The number of carbonyl (C=O) groups is 1. The highest BCUT2D eigenvalue weighted by Crippen LogP contribution is 2.38. The van der Waals surface area contributed by atoms with Crippen molar-refractivity contribution in [1.82, 2.24) is 4.90 Å². The molecule has 0 aromatic heterocycles. The predicted octanol–water partition coefficient (Wildman–Crippen LogP) is 2.60. The molecule has 0 radical (unpaired) electrons. The fourth-order valence-corrected chi connectivity index (χ4v) is 3.20. The van der Waals surface area contributed by atoms with E-state index in [1.807, 2.05) is 23.1 Å². The van der Waals surface area contributed by atoms with Crippen molar-refractivity contribution in [1.29, 1.82) is 0 Å². The molecule has 0 saturated heterocycles. The Hall–Kier alpha value is -1.35. The Kier molecular flexibility index (Phi) is 5.18. The third-order valence-corrected chi connectivity index (χ3v) is 4.59. The summed E-state index contributed by atoms with van der Waals surface area (Å²) in [4.78, 5) is 14.8. The first-order valence-electron chi connectivity index (χ1n) is 7.75. The van der Waals surface area contributed by atoms with Gasteiger partial charge in [-0.3, -0.25) is 4.79 Å². The highest BCUT2D eigenvalue weighted by atomic mass is 16.2. The average molecular weight is 274 g/mol. The Balaban J connectivity index is 1.99. The summed E-state index contributed by atoms with van der Waals surface area (Å²) < 4.78 is 0. The second-order valence-electron chi connectivity index (χ2n) is 5.81. The van der Waals surface area contributed by atoms with Crippen molar-refractivity contribution in [2.24, 2.45) is 11.1 Å². The summed E-state index contributed by atoms with van der Waals surface area (Å²) >= 11 is 0. The van der Waals surface area contributed by atoms with Crippen LogP contribution < -0.4 is 5.73 Å². The number of nitrogens with two attached hydrogens (primary N) is 1. The number of rotatable bonds is 6. The first-order valence-corrected chi connectivity index (χ1v) is 7.75. The number of hydrogen-bond acceptors (Lipinski definition) is 2. The lowest BCUT2D eigenvalue weighted by Gasteiger charge is -2.33. The summed E-state index contributed by atoms with van der Waals surface area (Å²) in [5.41, 5.74) is 6.94.